The van der Waals surface area contributed by atoms with Gasteiger partial charge in [0, 0.05) is 11.4 Å². The van der Waals surface area contributed by atoms with Gasteiger partial charge in [-0.1, -0.05) is 12.1 Å². The molecule has 0 atom stereocenters. The van der Waals surface area contributed by atoms with Crippen LogP contribution in [0.4, 0.5) is 8.78 Å². The first-order chi connectivity index (χ1) is 13.0. The van der Waals surface area contributed by atoms with Crippen LogP contribution in [0.1, 0.15) is 12.7 Å². The third-order valence-corrected chi connectivity index (χ3v) is 4.97. The average molecular weight is 389 g/mol. The lowest BCUT2D eigenvalue weighted by molar-refractivity contribution is -0.128. The Labute approximate surface area is 158 Å². The van der Waals surface area contributed by atoms with Crippen LogP contribution < -0.4 is 5.56 Å². The van der Waals surface area contributed by atoms with E-state index in [9.17, 15) is 18.4 Å². The Hall–Kier alpha value is -2.74. The predicted octanol–water partition coefficient (Wildman–Crippen LogP) is 3.34. The molecule has 0 aliphatic carbocycles. The molecule has 0 aliphatic heterocycles. The van der Waals surface area contributed by atoms with Crippen molar-refractivity contribution in [2.45, 2.75) is 18.4 Å². The van der Waals surface area contributed by atoms with Crippen LogP contribution in [0.2, 0.25) is 0 Å². The van der Waals surface area contributed by atoms with Gasteiger partial charge in [0.05, 0.1) is 23.2 Å². The largest absolute Gasteiger partial charge is 0.335 e. The van der Waals surface area contributed by atoms with Crippen LogP contribution in [0, 0.1) is 11.6 Å². The third-order valence-electron chi connectivity index (χ3n) is 3.99. The summed E-state index contributed by atoms with van der Waals surface area (Å²) in [6, 6.07) is 10.5. The van der Waals surface area contributed by atoms with E-state index in [1.807, 2.05) is 6.92 Å². The van der Waals surface area contributed by atoms with Crippen LogP contribution in [0.25, 0.3) is 10.9 Å². The topological polar surface area (TPSA) is 66.1 Å². The molecule has 1 amide bonds. The number of hydrogen-bond donors (Lipinski definition) is 1. The molecule has 5 nitrogen and oxygen atoms in total. The molecule has 3 aromatic rings. The minimum absolute atomic E-state index is 0.0662. The lowest BCUT2D eigenvalue weighted by atomic mass is 10.2. The molecular formula is C19H17F2N3O2S. The van der Waals surface area contributed by atoms with Gasteiger partial charge >= 0.3 is 0 Å². The SMILES string of the molecule is CCN(Cc1nc2ccccc2c(=O)[nH]1)C(=O)CSc1ccc(F)c(F)c1. The van der Waals surface area contributed by atoms with Gasteiger partial charge in [0.1, 0.15) is 5.82 Å². The normalized spacial score (nSPS) is 10.9. The Morgan fingerprint density at radius 1 is 1.19 bits per heavy atom. The monoisotopic (exact) mass is 389 g/mol. The van der Waals surface area contributed by atoms with E-state index in [2.05, 4.69) is 9.97 Å². The van der Waals surface area contributed by atoms with Crippen LogP contribution >= 0.6 is 11.8 Å². The molecule has 0 fully saturated rings. The number of amides is 1. The first-order valence-electron chi connectivity index (χ1n) is 8.31. The van der Waals surface area contributed by atoms with Gasteiger partial charge in [-0.2, -0.15) is 0 Å². The van der Waals surface area contributed by atoms with Gasteiger partial charge in [-0.25, -0.2) is 13.8 Å². The Balaban J connectivity index is 1.70. The summed E-state index contributed by atoms with van der Waals surface area (Å²) in [6.45, 7) is 2.40. The average Bonchev–Trinajstić information content (AvgIpc) is 2.67. The lowest BCUT2D eigenvalue weighted by Crippen LogP contribution is -2.33. The maximum absolute atomic E-state index is 13.3. The fourth-order valence-electron chi connectivity index (χ4n) is 2.57. The number of thioether (sulfide) groups is 1. The second-order valence-electron chi connectivity index (χ2n) is 5.80. The van der Waals surface area contributed by atoms with Gasteiger partial charge in [-0.15, -0.1) is 11.8 Å². The van der Waals surface area contributed by atoms with Gasteiger partial charge < -0.3 is 9.88 Å². The van der Waals surface area contributed by atoms with Gasteiger partial charge in [0.25, 0.3) is 5.56 Å². The number of rotatable bonds is 6. The Kier molecular flexibility index (Phi) is 5.85. The summed E-state index contributed by atoms with van der Waals surface area (Å²) in [5.41, 5.74) is 0.311. The highest BCUT2D eigenvalue weighted by Crippen LogP contribution is 2.21. The number of aromatic nitrogens is 2. The van der Waals surface area contributed by atoms with E-state index in [-0.39, 0.29) is 23.8 Å². The maximum Gasteiger partial charge on any atom is 0.258 e. The third kappa shape index (κ3) is 4.51. The fraction of sp³-hybridized carbons (Fsp3) is 0.211. The van der Waals surface area contributed by atoms with Gasteiger partial charge in [-0.3, -0.25) is 9.59 Å². The minimum Gasteiger partial charge on any atom is -0.335 e. The Bertz CT molecular complexity index is 1040. The number of nitrogens with zero attached hydrogens (tertiary/aromatic N) is 2. The van der Waals surface area contributed by atoms with E-state index in [0.717, 1.165) is 23.9 Å². The smallest absolute Gasteiger partial charge is 0.258 e. The van der Waals surface area contributed by atoms with Crippen LogP contribution in [-0.4, -0.2) is 33.1 Å². The zero-order valence-corrected chi connectivity index (χ0v) is 15.4. The molecule has 0 bridgehead atoms. The lowest BCUT2D eigenvalue weighted by Gasteiger charge is -2.20. The number of carbonyl (C=O) groups excluding carboxylic acids is 1. The molecular weight excluding hydrogens is 372 g/mol. The number of fused-ring (bicyclic) bond motifs is 1. The van der Waals surface area contributed by atoms with E-state index in [4.69, 9.17) is 0 Å². The second-order valence-corrected chi connectivity index (χ2v) is 6.85. The standard InChI is InChI=1S/C19H17F2N3O2S/c1-2-24(18(25)11-27-12-7-8-14(20)15(21)9-12)10-17-22-16-6-4-3-5-13(16)19(26)23-17/h3-9H,2,10-11H2,1H3,(H,22,23,26). The number of benzene rings is 2. The zero-order valence-electron chi connectivity index (χ0n) is 14.5. The number of halogens is 2. The van der Waals surface area contributed by atoms with Crippen LogP contribution in [-0.2, 0) is 11.3 Å². The molecule has 0 spiro atoms. The van der Waals surface area contributed by atoms with Crippen molar-refractivity contribution < 1.29 is 13.6 Å². The molecule has 140 valence electrons. The van der Waals surface area contributed by atoms with Crippen molar-refractivity contribution in [1.82, 2.24) is 14.9 Å². The summed E-state index contributed by atoms with van der Waals surface area (Å²) in [4.78, 5) is 33.7. The molecule has 2 aromatic carbocycles. The number of H-pyrrole nitrogens is 1. The summed E-state index contributed by atoms with van der Waals surface area (Å²) < 4.78 is 26.2. The van der Waals surface area contributed by atoms with Crippen molar-refractivity contribution in [3.05, 3.63) is 70.3 Å². The van der Waals surface area contributed by atoms with Crippen molar-refractivity contribution in [2.75, 3.05) is 12.3 Å². The zero-order chi connectivity index (χ0) is 19.4. The summed E-state index contributed by atoms with van der Waals surface area (Å²) in [5.74, 6) is -1.60. The van der Waals surface area contributed by atoms with Crippen molar-refractivity contribution in [2.24, 2.45) is 0 Å². The van der Waals surface area contributed by atoms with Crippen LogP contribution in [0.3, 0.4) is 0 Å². The highest BCUT2D eigenvalue weighted by molar-refractivity contribution is 8.00. The van der Waals surface area contributed by atoms with Gasteiger partial charge in [0.15, 0.2) is 11.6 Å². The van der Waals surface area contributed by atoms with Crippen LogP contribution in [0.5, 0.6) is 0 Å². The first-order valence-corrected chi connectivity index (χ1v) is 9.30. The van der Waals surface area contributed by atoms with E-state index >= 15 is 0 Å². The number of para-hydroxylation sites is 1. The highest BCUT2D eigenvalue weighted by atomic mass is 32.2. The van der Waals surface area contributed by atoms with Gasteiger partial charge in [-0.05, 0) is 37.3 Å². The molecule has 0 aliphatic rings. The number of aromatic amines is 1. The van der Waals surface area contributed by atoms with E-state index in [1.54, 1.807) is 29.2 Å². The molecule has 3 rings (SSSR count). The summed E-state index contributed by atoms with van der Waals surface area (Å²) in [6.07, 6.45) is 0. The fourth-order valence-corrected chi connectivity index (χ4v) is 3.39. The molecule has 8 heteroatoms. The molecule has 0 unspecified atom stereocenters. The maximum atomic E-state index is 13.3. The summed E-state index contributed by atoms with van der Waals surface area (Å²) in [7, 11) is 0. The molecule has 1 N–H and O–H groups in total. The van der Waals surface area contributed by atoms with Crippen LogP contribution in [0.15, 0.2) is 52.2 Å². The predicted molar refractivity (Wildman–Crippen MR) is 101 cm³/mol. The van der Waals surface area contributed by atoms with Crippen molar-refractivity contribution in [3.8, 4) is 0 Å². The molecule has 0 saturated carbocycles. The second kappa shape index (κ2) is 8.30. The van der Waals surface area contributed by atoms with E-state index < -0.39 is 11.6 Å². The van der Waals surface area contributed by atoms with Crippen molar-refractivity contribution >= 4 is 28.6 Å². The molecule has 0 radical (unpaired) electrons. The highest BCUT2D eigenvalue weighted by Gasteiger charge is 2.15. The first kappa shape index (κ1) is 19.0. The quantitative estimate of drug-likeness (QED) is 0.657. The number of hydrogen-bond acceptors (Lipinski definition) is 4. The van der Waals surface area contributed by atoms with Crippen molar-refractivity contribution in [1.29, 1.82) is 0 Å². The summed E-state index contributed by atoms with van der Waals surface area (Å²) in [5, 5.41) is 0.490. The van der Waals surface area contributed by atoms with E-state index in [0.29, 0.717) is 28.2 Å². The number of carbonyl (C=O) groups is 1. The van der Waals surface area contributed by atoms with Gasteiger partial charge in [0.2, 0.25) is 5.91 Å². The molecule has 0 saturated heterocycles. The van der Waals surface area contributed by atoms with E-state index in [1.165, 1.54) is 6.07 Å². The molecule has 27 heavy (non-hydrogen) atoms. The Morgan fingerprint density at radius 2 is 1.96 bits per heavy atom. The molecule has 1 aromatic heterocycles. The Morgan fingerprint density at radius 3 is 2.70 bits per heavy atom. The summed E-state index contributed by atoms with van der Waals surface area (Å²) >= 11 is 1.12. The van der Waals surface area contributed by atoms with Crippen molar-refractivity contribution in [3.63, 3.8) is 0 Å². The minimum atomic E-state index is -0.947. The number of nitrogens with one attached hydrogen (secondary N) is 1. The molecule has 1 heterocycles.